The van der Waals surface area contributed by atoms with Gasteiger partial charge in [0.2, 0.25) is 0 Å². The summed E-state index contributed by atoms with van der Waals surface area (Å²) in [4.78, 5) is 8.33. The fourth-order valence-corrected chi connectivity index (χ4v) is 3.13. The predicted octanol–water partition coefficient (Wildman–Crippen LogP) is 3.69. The molecule has 0 unspecified atom stereocenters. The molecule has 15 heavy (non-hydrogen) atoms. The Hall–Kier alpha value is -1.13. The highest BCUT2D eigenvalue weighted by Crippen LogP contribution is 2.26. The number of thiophene rings is 1. The van der Waals surface area contributed by atoms with Crippen LogP contribution in [0.4, 0.5) is 0 Å². The predicted molar refractivity (Wildman–Crippen MR) is 65.8 cm³/mol. The third-order valence-corrected chi connectivity index (χ3v) is 4.36. The number of hydrogen-bond donors (Lipinski definition) is 0. The Bertz CT molecular complexity index is 543. The number of aromatic nitrogens is 2. The van der Waals surface area contributed by atoms with Gasteiger partial charge in [-0.2, -0.15) is 0 Å². The second-order valence-electron chi connectivity index (χ2n) is 3.34. The van der Waals surface area contributed by atoms with Gasteiger partial charge in [0.05, 0.1) is 4.88 Å². The van der Waals surface area contributed by atoms with Gasteiger partial charge in [-0.05, 0) is 17.9 Å². The molecule has 0 aliphatic heterocycles. The van der Waals surface area contributed by atoms with Crippen LogP contribution >= 0.6 is 22.7 Å². The monoisotopic (exact) mass is 234 g/mol. The number of thiazole rings is 1. The zero-order valence-corrected chi connectivity index (χ0v) is 9.94. The van der Waals surface area contributed by atoms with Gasteiger partial charge in [-0.3, -0.25) is 4.40 Å². The molecule has 0 aliphatic rings. The lowest BCUT2D eigenvalue weighted by Gasteiger charge is -1.86. The smallest absolute Gasteiger partial charge is 0.194 e. The van der Waals surface area contributed by atoms with Crippen molar-refractivity contribution in [3.05, 3.63) is 34.8 Å². The van der Waals surface area contributed by atoms with Gasteiger partial charge in [0.25, 0.3) is 0 Å². The molecule has 0 atom stereocenters. The van der Waals surface area contributed by atoms with E-state index >= 15 is 0 Å². The van der Waals surface area contributed by atoms with Gasteiger partial charge in [-0.15, -0.1) is 22.7 Å². The van der Waals surface area contributed by atoms with Crippen LogP contribution in [0.25, 0.3) is 15.5 Å². The van der Waals surface area contributed by atoms with Crippen molar-refractivity contribution in [2.24, 2.45) is 0 Å². The van der Waals surface area contributed by atoms with E-state index in [1.165, 1.54) is 9.75 Å². The molecule has 3 rings (SSSR count). The normalized spacial score (nSPS) is 11.3. The van der Waals surface area contributed by atoms with Crippen molar-refractivity contribution in [2.75, 3.05) is 0 Å². The van der Waals surface area contributed by atoms with E-state index in [0.717, 1.165) is 17.1 Å². The minimum Gasteiger partial charge on any atom is -0.297 e. The molecule has 4 heteroatoms. The van der Waals surface area contributed by atoms with Gasteiger partial charge < -0.3 is 0 Å². The summed E-state index contributed by atoms with van der Waals surface area (Å²) in [6.45, 7) is 2.17. The third kappa shape index (κ3) is 1.50. The molecule has 0 saturated heterocycles. The summed E-state index contributed by atoms with van der Waals surface area (Å²) in [5, 5.41) is 2.08. The van der Waals surface area contributed by atoms with Crippen molar-refractivity contribution in [1.82, 2.24) is 9.38 Å². The first kappa shape index (κ1) is 9.12. The first-order valence-corrected chi connectivity index (χ1v) is 6.57. The minimum atomic E-state index is 1.08. The molecule has 0 amide bonds. The molecule has 3 aromatic rings. The van der Waals surface area contributed by atoms with Crippen LogP contribution < -0.4 is 0 Å². The number of rotatable bonds is 2. The van der Waals surface area contributed by atoms with Gasteiger partial charge >= 0.3 is 0 Å². The van der Waals surface area contributed by atoms with Crippen molar-refractivity contribution < 1.29 is 0 Å². The molecular weight excluding hydrogens is 224 g/mol. The molecule has 0 saturated carbocycles. The highest BCUT2D eigenvalue weighted by atomic mass is 32.1. The molecule has 0 bridgehead atoms. The number of hydrogen-bond acceptors (Lipinski definition) is 3. The molecule has 0 aromatic carbocycles. The lowest BCUT2D eigenvalue weighted by molar-refractivity contribution is 1.13. The van der Waals surface area contributed by atoms with E-state index in [2.05, 4.69) is 46.2 Å². The Labute approximate surface area is 95.8 Å². The third-order valence-electron chi connectivity index (χ3n) is 2.33. The van der Waals surface area contributed by atoms with Crippen molar-refractivity contribution in [3.63, 3.8) is 0 Å². The topological polar surface area (TPSA) is 17.3 Å². The maximum absolute atomic E-state index is 4.62. The van der Waals surface area contributed by atoms with Gasteiger partial charge in [0.1, 0.15) is 5.69 Å². The molecule has 3 aromatic heterocycles. The minimum absolute atomic E-state index is 1.08. The number of fused-ring (bicyclic) bond motifs is 1. The van der Waals surface area contributed by atoms with Crippen molar-refractivity contribution in [2.45, 2.75) is 13.3 Å². The second-order valence-corrected chi connectivity index (χ2v) is 5.39. The molecular formula is C11H10N2S2. The van der Waals surface area contributed by atoms with Crippen LogP contribution in [-0.2, 0) is 6.42 Å². The maximum atomic E-state index is 4.62. The summed E-state index contributed by atoms with van der Waals surface area (Å²) in [6.07, 6.45) is 5.36. The van der Waals surface area contributed by atoms with Crippen LogP contribution in [-0.4, -0.2) is 9.38 Å². The van der Waals surface area contributed by atoms with Gasteiger partial charge in [-0.1, -0.05) is 13.0 Å². The van der Waals surface area contributed by atoms with Gasteiger partial charge in [0, 0.05) is 17.3 Å². The molecule has 0 radical (unpaired) electrons. The average Bonchev–Trinajstić information content (AvgIpc) is 2.91. The lowest BCUT2D eigenvalue weighted by atomic mass is 10.4. The highest BCUT2D eigenvalue weighted by molar-refractivity contribution is 7.17. The van der Waals surface area contributed by atoms with E-state index < -0.39 is 0 Å². The number of imidazole rings is 1. The molecule has 0 aliphatic carbocycles. The van der Waals surface area contributed by atoms with Crippen molar-refractivity contribution in [3.8, 4) is 10.6 Å². The first-order chi connectivity index (χ1) is 7.36. The Morgan fingerprint density at radius 2 is 2.33 bits per heavy atom. The fraction of sp³-hybridized carbons (Fsp3) is 0.182. The van der Waals surface area contributed by atoms with E-state index in [9.17, 15) is 0 Å². The lowest BCUT2D eigenvalue weighted by Crippen LogP contribution is -1.73. The summed E-state index contributed by atoms with van der Waals surface area (Å²) in [5.41, 5.74) is 1.08. The summed E-state index contributed by atoms with van der Waals surface area (Å²) >= 11 is 3.51. The van der Waals surface area contributed by atoms with Crippen LogP contribution in [0.5, 0.6) is 0 Å². The molecule has 76 valence electrons. The second kappa shape index (κ2) is 3.47. The van der Waals surface area contributed by atoms with Gasteiger partial charge in [-0.25, -0.2) is 4.98 Å². The quantitative estimate of drug-likeness (QED) is 0.661. The van der Waals surface area contributed by atoms with E-state index in [1.807, 2.05) is 0 Å². The Balaban J connectivity index is 2.12. The summed E-state index contributed by atoms with van der Waals surface area (Å²) in [7, 11) is 0. The largest absolute Gasteiger partial charge is 0.297 e. The SMILES string of the molecule is CCc1cn2cc(-c3cccs3)nc2s1. The zero-order valence-electron chi connectivity index (χ0n) is 8.30. The molecule has 0 N–H and O–H groups in total. The zero-order chi connectivity index (χ0) is 10.3. The van der Waals surface area contributed by atoms with E-state index in [4.69, 9.17) is 0 Å². The van der Waals surface area contributed by atoms with Crippen LogP contribution in [0.2, 0.25) is 0 Å². The Morgan fingerprint density at radius 3 is 3.00 bits per heavy atom. The van der Waals surface area contributed by atoms with Crippen LogP contribution in [0.1, 0.15) is 11.8 Å². The van der Waals surface area contributed by atoms with Gasteiger partial charge in [0.15, 0.2) is 4.96 Å². The number of nitrogens with zero attached hydrogens (tertiary/aromatic N) is 2. The van der Waals surface area contributed by atoms with Crippen LogP contribution in [0, 0.1) is 0 Å². The van der Waals surface area contributed by atoms with Crippen LogP contribution in [0.3, 0.4) is 0 Å². The Morgan fingerprint density at radius 1 is 1.40 bits per heavy atom. The molecule has 3 heterocycles. The molecule has 0 spiro atoms. The van der Waals surface area contributed by atoms with E-state index in [1.54, 1.807) is 22.7 Å². The Kier molecular flexibility index (Phi) is 2.11. The van der Waals surface area contributed by atoms with Crippen molar-refractivity contribution >= 4 is 27.6 Å². The summed E-state index contributed by atoms with van der Waals surface area (Å²) in [6, 6.07) is 4.17. The molecule has 0 fully saturated rings. The van der Waals surface area contributed by atoms with E-state index in [-0.39, 0.29) is 0 Å². The average molecular weight is 234 g/mol. The summed E-state index contributed by atoms with van der Waals surface area (Å²) < 4.78 is 2.12. The highest BCUT2D eigenvalue weighted by Gasteiger charge is 2.07. The number of aryl methyl sites for hydroxylation is 1. The van der Waals surface area contributed by atoms with E-state index in [0.29, 0.717) is 0 Å². The van der Waals surface area contributed by atoms with Crippen LogP contribution in [0.15, 0.2) is 29.9 Å². The molecule has 2 nitrogen and oxygen atoms in total. The first-order valence-electron chi connectivity index (χ1n) is 4.88. The fourth-order valence-electron chi connectivity index (χ4n) is 1.55. The standard InChI is InChI=1S/C11H10N2S2/c1-2-8-6-13-7-9(12-11(13)15-8)10-4-3-5-14-10/h3-7H,2H2,1H3. The maximum Gasteiger partial charge on any atom is 0.194 e. The van der Waals surface area contributed by atoms with Crippen molar-refractivity contribution in [1.29, 1.82) is 0 Å². The summed E-state index contributed by atoms with van der Waals surface area (Å²) in [5.74, 6) is 0.